The average molecular weight is 507 g/mol. The van der Waals surface area contributed by atoms with Gasteiger partial charge in [-0.1, -0.05) is 91.0 Å². The molecule has 0 radical (unpaired) electrons. The van der Waals surface area contributed by atoms with Crippen molar-refractivity contribution in [3.8, 4) is 51.2 Å². The van der Waals surface area contributed by atoms with Crippen LogP contribution in [0.2, 0.25) is 0 Å². The number of benzene rings is 4. The highest BCUT2D eigenvalue weighted by molar-refractivity contribution is 6.13. The molecule has 1 N–H and O–H groups in total. The van der Waals surface area contributed by atoms with E-state index < -0.39 is 0 Å². The molecule has 0 aliphatic carbocycles. The van der Waals surface area contributed by atoms with E-state index in [1.165, 1.54) is 0 Å². The molecule has 4 aromatic carbocycles. The number of hydrogen-bond donors (Lipinski definition) is 1. The molecule has 0 fully saturated rings. The smallest absolute Gasteiger partial charge is 0.221 e. The number of rotatable bonds is 5. The molecule has 0 unspecified atom stereocenters. The number of ether oxygens (including phenoxy) is 1. The lowest BCUT2D eigenvalue weighted by atomic mass is 10.0. The second kappa shape index (κ2) is 9.47. The largest absolute Gasteiger partial charge is 0.507 e. The van der Waals surface area contributed by atoms with Gasteiger partial charge in [-0.25, -0.2) is 9.97 Å². The predicted molar refractivity (Wildman–Crippen MR) is 154 cm³/mol. The van der Waals surface area contributed by atoms with Crippen molar-refractivity contribution in [3.05, 3.63) is 127 Å². The minimum Gasteiger partial charge on any atom is -0.507 e. The van der Waals surface area contributed by atoms with Gasteiger partial charge in [-0.3, -0.25) is 0 Å². The lowest BCUT2D eigenvalue weighted by Crippen LogP contribution is -1.94. The van der Waals surface area contributed by atoms with E-state index in [-0.39, 0.29) is 5.75 Å². The Morgan fingerprint density at radius 2 is 1.13 bits per heavy atom. The van der Waals surface area contributed by atoms with Gasteiger partial charge in [0.15, 0.2) is 0 Å². The average Bonchev–Trinajstić information content (AvgIpc) is 3.37. The van der Waals surface area contributed by atoms with E-state index in [1.54, 1.807) is 18.2 Å². The molecule has 3 aromatic heterocycles. The van der Waals surface area contributed by atoms with E-state index in [4.69, 9.17) is 14.1 Å². The van der Waals surface area contributed by atoms with Gasteiger partial charge in [0, 0.05) is 34.0 Å². The minimum atomic E-state index is 0.0802. The van der Waals surface area contributed by atoms with Gasteiger partial charge in [-0.05, 0) is 29.8 Å². The summed E-state index contributed by atoms with van der Waals surface area (Å²) in [7, 11) is 0. The fraction of sp³-hybridized carbons (Fsp3) is 0. The zero-order valence-corrected chi connectivity index (χ0v) is 20.8. The third-order valence-electron chi connectivity index (χ3n) is 6.71. The zero-order valence-electron chi connectivity index (χ0n) is 20.8. The number of phenolic OH excluding ortho intramolecular Hbond substituents is 1. The summed E-state index contributed by atoms with van der Waals surface area (Å²) in [6.07, 6.45) is 0. The first kappa shape index (κ1) is 22.8. The van der Waals surface area contributed by atoms with Crippen LogP contribution >= 0.6 is 0 Å². The molecule has 0 spiro atoms. The number of phenols is 1. The maximum Gasteiger partial charge on any atom is 0.221 e. The van der Waals surface area contributed by atoms with E-state index in [9.17, 15) is 5.11 Å². The Morgan fingerprint density at radius 3 is 1.87 bits per heavy atom. The van der Waals surface area contributed by atoms with Gasteiger partial charge in [0.25, 0.3) is 0 Å². The van der Waals surface area contributed by atoms with Crippen molar-refractivity contribution in [2.75, 3.05) is 0 Å². The summed E-state index contributed by atoms with van der Waals surface area (Å²) in [5, 5.41) is 12.8. The molecule has 0 aliphatic heterocycles. The normalized spacial score (nSPS) is 11.2. The van der Waals surface area contributed by atoms with E-state index in [2.05, 4.69) is 17.1 Å². The molecule has 7 rings (SSSR count). The van der Waals surface area contributed by atoms with Crippen LogP contribution < -0.4 is 4.74 Å². The molecular formula is C34H22N2O3. The van der Waals surface area contributed by atoms with Crippen molar-refractivity contribution in [1.82, 2.24) is 9.97 Å². The fourth-order valence-electron chi connectivity index (χ4n) is 4.90. The summed E-state index contributed by atoms with van der Waals surface area (Å²) in [5.74, 6) is 0.874. The highest BCUT2D eigenvalue weighted by atomic mass is 16.5. The number of aromatic hydroxyl groups is 1. The fourth-order valence-corrected chi connectivity index (χ4v) is 4.90. The molecule has 0 aliphatic rings. The number of aromatic nitrogens is 2. The van der Waals surface area contributed by atoms with Crippen molar-refractivity contribution in [2.45, 2.75) is 0 Å². The highest BCUT2D eigenvalue weighted by Crippen LogP contribution is 2.43. The van der Waals surface area contributed by atoms with Crippen LogP contribution in [-0.4, -0.2) is 15.1 Å². The Bertz CT molecular complexity index is 1950. The minimum absolute atomic E-state index is 0.0802. The number of nitrogens with zero attached hydrogens (tertiary/aromatic N) is 2. The lowest BCUT2D eigenvalue weighted by molar-refractivity contribution is 0.445. The molecule has 0 atom stereocenters. The summed E-state index contributed by atoms with van der Waals surface area (Å²) >= 11 is 0. The van der Waals surface area contributed by atoms with Crippen molar-refractivity contribution >= 4 is 21.9 Å². The second-order valence-electron chi connectivity index (χ2n) is 9.18. The van der Waals surface area contributed by atoms with Crippen LogP contribution in [0, 0.1) is 0 Å². The van der Waals surface area contributed by atoms with Gasteiger partial charge in [-0.2, -0.15) is 0 Å². The molecule has 39 heavy (non-hydrogen) atoms. The summed E-state index contributed by atoms with van der Waals surface area (Å²) in [5.41, 5.74) is 6.25. The number of hydrogen-bond acceptors (Lipinski definition) is 5. The SMILES string of the molecule is Oc1ccc2c(oc3c(-c4ccccc4)cccc32)c1-c1cccc(Oc2cccc(-c3ccccc3)n2)n1. The van der Waals surface area contributed by atoms with Crippen LogP contribution in [0.1, 0.15) is 0 Å². The lowest BCUT2D eigenvalue weighted by Gasteiger charge is -2.09. The van der Waals surface area contributed by atoms with Crippen molar-refractivity contribution in [1.29, 1.82) is 0 Å². The van der Waals surface area contributed by atoms with E-state index in [1.807, 2.05) is 97.1 Å². The Kier molecular flexibility index (Phi) is 5.52. The Hall–Kier alpha value is -5.42. The second-order valence-corrected chi connectivity index (χ2v) is 9.18. The van der Waals surface area contributed by atoms with Gasteiger partial charge in [0.05, 0.1) is 17.0 Å². The van der Waals surface area contributed by atoms with E-state index in [0.29, 0.717) is 28.6 Å². The molecule has 0 saturated heterocycles. The number of fused-ring (bicyclic) bond motifs is 3. The van der Waals surface area contributed by atoms with Crippen LogP contribution in [-0.2, 0) is 0 Å². The topological polar surface area (TPSA) is 68.4 Å². The Morgan fingerprint density at radius 1 is 0.513 bits per heavy atom. The van der Waals surface area contributed by atoms with E-state index in [0.717, 1.165) is 38.7 Å². The van der Waals surface area contributed by atoms with Crippen molar-refractivity contribution < 1.29 is 14.3 Å². The summed E-state index contributed by atoms with van der Waals surface area (Å²) in [4.78, 5) is 9.37. The third-order valence-corrected chi connectivity index (χ3v) is 6.71. The number of para-hydroxylation sites is 1. The predicted octanol–water partition coefficient (Wildman–Crippen LogP) is 8.87. The molecule has 3 heterocycles. The third kappa shape index (κ3) is 4.16. The van der Waals surface area contributed by atoms with Gasteiger partial charge in [0.1, 0.15) is 16.9 Å². The molecule has 5 heteroatoms. The molecule has 0 saturated carbocycles. The summed E-state index contributed by atoms with van der Waals surface area (Å²) < 4.78 is 12.5. The van der Waals surface area contributed by atoms with Crippen LogP contribution in [0.5, 0.6) is 17.5 Å². The maximum absolute atomic E-state index is 11.0. The monoisotopic (exact) mass is 506 g/mol. The standard InChI is InChI=1S/C34H22N2O3/c37-29-21-20-26-25-15-7-14-24(22-10-3-1-4-11-22)33(25)39-34(26)32(29)28-17-9-19-31(36-28)38-30-18-8-16-27(35-30)23-12-5-2-6-13-23/h1-21,37H. The molecule has 0 bridgehead atoms. The Balaban J connectivity index is 1.31. The highest BCUT2D eigenvalue weighted by Gasteiger charge is 2.19. The van der Waals surface area contributed by atoms with E-state index >= 15 is 0 Å². The molecular weight excluding hydrogens is 484 g/mol. The van der Waals surface area contributed by atoms with Crippen LogP contribution in [0.4, 0.5) is 0 Å². The first-order valence-electron chi connectivity index (χ1n) is 12.6. The maximum atomic E-state index is 11.0. The van der Waals surface area contributed by atoms with Gasteiger partial charge >= 0.3 is 0 Å². The van der Waals surface area contributed by atoms with Gasteiger partial charge in [-0.15, -0.1) is 0 Å². The summed E-state index contributed by atoms with van der Waals surface area (Å²) in [6.45, 7) is 0. The Labute approximate surface area is 224 Å². The molecule has 5 nitrogen and oxygen atoms in total. The van der Waals surface area contributed by atoms with Crippen molar-refractivity contribution in [2.24, 2.45) is 0 Å². The van der Waals surface area contributed by atoms with Gasteiger partial charge in [0.2, 0.25) is 11.8 Å². The van der Waals surface area contributed by atoms with Gasteiger partial charge < -0.3 is 14.3 Å². The quantitative estimate of drug-likeness (QED) is 0.252. The van der Waals surface area contributed by atoms with Crippen LogP contribution in [0.15, 0.2) is 132 Å². The summed E-state index contributed by atoms with van der Waals surface area (Å²) in [6, 6.07) is 40.8. The first-order chi connectivity index (χ1) is 19.2. The molecule has 7 aromatic rings. The zero-order chi connectivity index (χ0) is 26.2. The molecule has 0 amide bonds. The number of pyridine rings is 2. The van der Waals surface area contributed by atoms with Crippen molar-refractivity contribution in [3.63, 3.8) is 0 Å². The van der Waals surface area contributed by atoms with Crippen LogP contribution in [0.3, 0.4) is 0 Å². The number of furan rings is 1. The first-order valence-corrected chi connectivity index (χ1v) is 12.6. The molecule has 186 valence electrons. The van der Waals surface area contributed by atoms with Crippen LogP contribution in [0.25, 0.3) is 55.6 Å².